The Bertz CT molecular complexity index is 1340. The summed E-state index contributed by atoms with van der Waals surface area (Å²) in [6, 6.07) is 7.03. The molecule has 0 radical (unpaired) electrons. The minimum atomic E-state index is -1.18. The molecule has 4 heterocycles. The number of fused-ring (bicyclic) bond motifs is 3. The number of ether oxygens (including phenoxy) is 1. The van der Waals surface area contributed by atoms with Gasteiger partial charge in [0.25, 0.3) is 5.56 Å². The smallest absolute Gasteiger partial charge is 0.356 e. The van der Waals surface area contributed by atoms with E-state index in [-0.39, 0.29) is 34.5 Å². The zero-order chi connectivity index (χ0) is 24.1. The van der Waals surface area contributed by atoms with Gasteiger partial charge in [0.05, 0.1) is 47.9 Å². The Morgan fingerprint density at radius 3 is 2.62 bits per heavy atom. The molecule has 0 spiro atoms. The molecule has 2 aromatic heterocycles. The summed E-state index contributed by atoms with van der Waals surface area (Å²) in [4.78, 5) is 36.3. The summed E-state index contributed by atoms with van der Waals surface area (Å²) in [5.41, 5.74) is 2.40. The number of anilines is 2. The summed E-state index contributed by atoms with van der Waals surface area (Å²) in [5.74, 6) is -0.534. The number of aromatic nitrogens is 3. The van der Waals surface area contributed by atoms with Crippen LogP contribution in [0, 0.1) is 6.92 Å². The molecule has 2 N–H and O–H groups in total. The van der Waals surface area contributed by atoms with Crippen LogP contribution in [-0.2, 0) is 11.8 Å². The fourth-order valence-electron chi connectivity index (χ4n) is 5.08. The average Bonchev–Trinajstić information content (AvgIpc) is 3.04. The lowest BCUT2D eigenvalue weighted by atomic mass is 10.0. The van der Waals surface area contributed by atoms with Crippen LogP contribution in [0.3, 0.4) is 0 Å². The van der Waals surface area contributed by atoms with Gasteiger partial charge in [-0.25, -0.2) is 14.8 Å². The number of halogens is 1. The normalized spacial score (nSPS) is 20.5. The molecule has 178 valence electrons. The van der Waals surface area contributed by atoms with E-state index in [9.17, 15) is 14.7 Å². The summed E-state index contributed by atoms with van der Waals surface area (Å²) in [7, 11) is 1.77. The number of benzene rings is 1. The number of aromatic carboxylic acids is 1. The van der Waals surface area contributed by atoms with Crippen LogP contribution in [-0.4, -0.2) is 50.9 Å². The summed E-state index contributed by atoms with van der Waals surface area (Å²) in [5, 5.41) is 13.4. The largest absolute Gasteiger partial charge is 0.476 e. The number of carboxylic acids is 1. The fraction of sp³-hybridized carbons (Fsp3) is 0.417. The van der Waals surface area contributed by atoms with E-state index in [0.717, 1.165) is 24.0 Å². The molecular formula is C24H26ClN5O4. The highest BCUT2D eigenvalue weighted by Crippen LogP contribution is 2.34. The van der Waals surface area contributed by atoms with Crippen LogP contribution in [0.5, 0.6) is 0 Å². The van der Waals surface area contributed by atoms with Crippen LogP contribution in [0.4, 0.5) is 11.6 Å². The molecule has 3 aromatic rings. The molecule has 2 saturated heterocycles. The van der Waals surface area contributed by atoms with E-state index in [0.29, 0.717) is 35.8 Å². The predicted molar refractivity (Wildman–Crippen MR) is 130 cm³/mol. The highest BCUT2D eigenvalue weighted by Gasteiger charge is 2.39. The molecule has 10 heteroatoms. The lowest BCUT2D eigenvalue weighted by Crippen LogP contribution is -2.48. The summed E-state index contributed by atoms with van der Waals surface area (Å²) < 4.78 is 7.35. The molecule has 0 aliphatic carbocycles. The first kappa shape index (κ1) is 22.6. The van der Waals surface area contributed by atoms with E-state index >= 15 is 0 Å². The molecule has 2 fully saturated rings. The van der Waals surface area contributed by atoms with Crippen molar-refractivity contribution in [2.45, 2.75) is 44.8 Å². The molecule has 3 atom stereocenters. The number of nitrogens with zero attached hydrogens (tertiary/aromatic N) is 4. The first-order valence-electron chi connectivity index (χ1n) is 11.3. The zero-order valence-electron chi connectivity index (χ0n) is 19.2. The van der Waals surface area contributed by atoms with E-state index < -0.39 is 5.97 Å². The van der Waals surface area contributed by atoms with Crippen molar-refractivity contribution in [2.75, 3.05) is 23.4 Å². The van der Waals surface area contributed by atoms with Crippen molar-refractivity contribution in [3.05, 3.63) is 56.6 Å². The van der Waals surface area contributed by atoms with Gasteiger partial charge >= 0.3 is 5.97 Å². The van der Waals surface area contributed by atoms with Crippen molar-refractivity contribution in [3.63, 3.8) is 0 Å². The maximum Gasteiger partial charge on any atom is 0.356 e. The topological polar surface area (TPSA) is 110 Å². The second-order valence-electron chi connectivity index (χ2n) is 9.06. The average molecular weight is 484 g/mol. The summed E-state index contributed by atoms with van der Waals surface area (Å²) in [6.45, 7) is 5.10. The van der Waals surface area contributed by atoms with Crippen molar-refractivity contribution in [1.29, 1.82) is 0 Å². The molecule has 34 heavy (non-hydrogen) atoms. The second-order valence-corrected chi connectivity index (χ2v) is 9.44. The Balaban J connectivity index is 1.62. The number of morpholine rings is 1. The number of nitrogens with one attached hydrogen (secondary N) is 1. The number of aryl methyl sites for hydroxylation is 1. The molecule has 0 saturated carbocycles. The number of rotatable bonds is 5. The monoisotopic (exact) mass is 483 g/mol. The molecule has 2 aliphatic rings. The maximum atomic E-state index is 13.4. The van der Waals surface area contributed by atoms with E-state index in [2.05, 4.69) is 15.2 Å². The molecule has 5 rings (SSSR count). The Labute approximate surface area is 201 Å². The van der Waals surface area contributed by atoms with Crippen LogP contribution in [0.25, 0.3) is 10.9 Å². The van der Waals surface area contributed by atoms with E-state index in [1.54, 1.807) is 17.7 Å². The van der Waals surface area contributed by atoms with Crippen LogP contribution < -0.4 is 15.8 Å². The Hall–Kier alpha value is -3.17. The van der Waals surface area contributed by atoms with Gasteiger partial charge in [0.2, 0.25) is 5.95 Å². The standard InChI is InChI=1S/C24H26ClN5O4/c1-12-8-16(13(2)26-18-6-7-19(25)27-21(18)23(32)33)20-17(9-12)22(31)29(3)24(28-20)30-14-4-5-15(30)11-34-10-14/h6-9,13-15,26H,4-5,10-11H2,1-3H3,(H,32,33)/t13-,14?,15?/m1/s1. The van der Waals surface area contributed by atoms with Crippen LogP contribution in [0.15, 0.2) is 29.1 Å². The van der Waals surface area contributed by atoms with Crippen LogP contribution in [0.2, 0.25) is 5.15 Å². The van der Waals surface area contributed by atoms with E-state index in [4.69, 9.17) is 21.3 Å². The summed E-state index contributed by atoms with van der Waals surface area (Å²) in [6.07, 6.45) is 2.03. The molecule has 0 amide bonds. The quantitative estimate of drug-likeness (QED) is 0.530. The van der Waals surface area contributed by atoms with Crippen LogP contribution >= 0.6 is 11.6 Å². The van der Waals surface area contributed by atoms with Gasteiger partial charge < -0.3 is 20.1 Å². The molecule has 9 nitrogen and oxygen atoms in total. The Morgan fingerprint density at radius 2 is 1.94 bits per heavy atom. The SMILES string of the molecule is Cc1cc([C@@H](C)Nc2ccc(Cl)nc2C(=O)O)c2nc(N3C4CCC3COC4)n(C)c(=O)c2c1. The predicted octanol–water partition coefficient (Wildman–Crippen LogP) is 3.53. The van der Waals surface area contributed by atoms with Crippen LogP contribution in [0.1, 0.15) is 47.4 Å². The van der Waals surface area contributed by atoms with Gasteiger partial charge in [-0.2, -0.15) is 0 Å². The first-order valence-corrected chi connectivity index (χ1v) is 11.7. The highest BCUT2D eigenvalue weighted by molar-refractivity contribution is 6.29. The van der Waals surface area contributed by atoms with Crippen molar-refractivity contribution in [1.82, 2.24) is 14.5 Å². The zero-order valence-corrected chi connectivity index (χ0v) is 20.0. The summed E-state index contributed by atoms with van der Waals surface area (Å²) >= 11 is 5.90. The molecular weight excluding hydrogens is 458 g/mol. The lowest BCUT2D eigenvalue weighted by Gasteiger charge is -2.36. The van der Waals surface area contributed by atoms with Gasteiger partial charge in [-0.1, -0.05) is 17.7 Å². The number of carbonyl (C=O) groups is 1. The van der Waals surface area contributed by atoms with E-state index in [1.807, 2.05) is 26.0 Å². The molecule has 2 aliphatic heterocycles. The van der Waals surface area contributed by atoms with Gasteiger partial charge in [0.1, 0.15) is 5.15 Å². The van der Waals surface area contributed by atoms with E-state index in [1.165, 1.54) is 6.07 Å². The minimum absolute atomic E-state index is 0.103. The highest BCUT2D eigenvalue weighted by atomic mass is 35.5. The fourth-order valence-corrected chi connectivity index (χ4v) is 5.23. The first-order chi connectivity index (χ1) is 16.2. The number of hydrogen-bond donors (Lipinski definition) is 2. The molecule has 2 bridgehead atoms. The lowest BCUT2D eigenvalue weighted by molar-refractivity contribution is 0.0691. The maximum absolute atomic E-state index is 13.4. The number of hydrogen-bond acceptors (Lipinski definition) is 7. The van der Waals surface area contributed by atoms with Gasteiger partial charge in [-0.05, 0) is 50.5 Å². The van der Waals surface area contributed by atoms with Crippen molar-refractivity contribution in [3.8, 4) is 0 Å². The third kappa shape index (κ3) is 3.78. The third-order valence-electron chi connectivity index (χ3n) is 6.70. The number of pyridine rings is 1. The molecule has 2 unspecified atom stereocenters. The van der Waals surface area contributed by atoms with Gasteiger partial charge in [0.15, 0.2) is 5.69 Å². The van der Waals surface area contributed by atoms with Crippen molar-refractivity contribution >= 4 is 40.1 Å². The van der Waals surface area contributed by atoms with Gasteiger partial charge in [-0.15, -0.1) is 0 Å². The van der Waals surface area contributed by atoms with Gasteiger partial charge in [0, 0.05) is 12.6 Å². The minimum Gasteiger partial charge on any atom is -0.476 e. The van der Waals surface area contributed by atoms with Crippen molar-refractivity contribution < 1.29 is 14.6 Å². The Morgan fingerprint density at radius 1 is 1.24 bits per heavy atom. The third-order valence-corrected chi connectivity index (χ3v) is 6.91. The van der Waals surface area contributed by atoms with Gasteiger partial charge in [-0.3, -0.25) is 9.36 Å². The van der Waals surface area contributed by atoms with Crippen molar-refractivity contribution in [2.24, 2.45) is 7.05 Å². The second kappa shape index (κ2) is 8.56. The Kier molecular flexibility index (Phi) is 5.69. The molecule has 1 aromatic carbocycles. The number of carboxylic acid groups (broad SMARTS) is 1.